The van der Waals surface area contributed by atoms with Crippen molar-refractivity contribution in [3.8, 4) is 22.9 Å². The Morgan fingerprint density at radius 2 is 1.77 bits per heavy atom. The quantitative estimate of drug-likeness (QED) is 0.0991. The van der Waals surface area contributed by atoms with Crippen LogP contribution in [0, 0.1) is 17.0 Å². The fraction of sp³-hybridized carbons (Fsp3) is 0.259. The molecule has 9 nitrogen and oxygen atoms in total. The second-order valence-corrected chi connectivity index (χ2v) is 10.4. The van der Waals surface area contributed by atoms with Gasteiger partial charge in [0.05, 0.1) is 18.7 Å². The Balaban J connectivity index is 1.66. The van der Waals surface area contributed by atoms with Gasteiger partial charge >= 0.3 is 0 Å². The van der Waals surface area contributed by atoms with Crippen LogP contribution in [-0.2, 0) is 6.61 Å². The number of methoxy groups -OCH3 is 1. The number of halogens is 2. The van der Waals surface area contributed by atoms with Gasteiger partial charge in [0, 0.05) is 15.6 Å². The zero-order valence-electron chi connectivity index (χ0n) is 21.5. The third-order valence-electron chi connectivity index (χ3n) is 5.69. The second-order valence-electron chi connectivity index (χ2n) is 8.36. The van der Waals surface area contributed by atoms with Crippen LogP contribution in [0.15, 0.2) is 65.8 Å². The lowest BCUT2D eigenvalue weighted by Crippen LogP contribution is -2.12. The maximum atomic E-state index is 11.7. The van der Waals surface area contributed by atoms with Crippen LogP contribution in [0.1, 0.15) is 29.1 Å². The van der Waals surface area contributed by atoms with E-state index in [9.17, 15) is 10.1 Å². The number of nitro groups is 1. The first-order chi connectivity index (χ1) is 18.8. The zero-order chi connectivity index (χ0) is 27.9. The van der Waals surface area contributed by atoms with Gasteiger partial charge in [-0.25, -0.2) is 0 Å². The number of aryl methyl sites for hydroxylation is 1. The topological polar surface area (TPSA) is 102 Å². The average Bonchev–Trinajstić information content (AvgIpc) is 3.28. The van der Waals surface area contributed by atoms with E-state index in [2.05, 4.69) is 10.2 Å². The van der Waals surface area contributed by atoms with Gasteiger partial charge in [0.15, 0.2) is 16.7 Å². The largest absolute Gasteiger partial charge is 0.497 e. The highest BCUT2D eigenvalue weighted by Crippen LogP contribution is 2.43. The van der Waals surface area contributed by atoms with Crippen molar-refractivity contribution in [1.82, 2.24) is 14.8 Å². The highest BCUT2D eigenvalue weighted by atomic mass is 35.5. The molecule has 4 rings (SSSR count). The van der Waals surface area contributed by atoms with E-state index in [1.165, 1.54) is 11.8 Å². The fourth-order valence-electron chi connectivity index (χ4n) is 3.83. The van der Waals surface area contributed by atoms with Gasteiger partial charge in [0.2, 0.25) is 6.54 Å². The molecule has 1 atom stereocenters. The number of thioether (sulfide) groups is 1. The van der Waals surface area contributed by atoms with Crippen molar-refractivity contribution < 1.29 is 19.1 Å². The molecule has 0 unspecified atom stereocenters. The number of rotatable bonds is 12. The Kier molecular flexibility index (Phi) is 9.55. The summed E-state index contributed by atoms with van der Waals surface area (Å²) < 4.78 is 18.9. The molecule has 0 radical (unpaired) electrons. The Hall–Kier alpha value is -3.47. The first-order valence-electron chi connectivity index (χ1n) is 12.0. The molecule has 0 spiro atoms. The molecule has 12 heteroatoms. The SMILES string of the molecule is CCOc1cc([C@@H](C[N+](=O)[O-])Sc2nnc(C)n2-c2ccc(OC)cc2)cc(Cl)c1OCc1ccc(Cl)cc1. The smallest absolute Gasteiger partial charge is 0.220 e. The van der Waals surface area contributed by atoms with E-state index < -0.39 is 5.25 Å². The maximum Gasteiger partial charge on any atom is 0.220 e. The van der Waals surface area contributed by atoms with Gasteiger partial charge < -0.3 is 14.2 Å². The summed E-state index contributed by atoms with van der Waals surface area (Å²) >= 11 is 13.9. The Bertz CT molecular complexity index is 1430. The molecule has 0 saturated heterocycles. The van der Waals surface area contributed by atoms with Gasteiger partial charge in [-0.05, 0) is 73.5 Å². The average molecular weight is 590 g/mol. The molecule has 0 aliphatic rings. The second kappa shape index (κ2) is 13.1. The summed E-state index contributed by atoms with van der Waals surface area (Å²) in [6.07, 6.45) is 0. The van der Waals surface area contributed by atoms with Gasteiger partial charge in [-0.3, -0.25) is 14.7 Å². The Morgan fingerprint density at radius 1 is 1.05 bits per heavy atom. The first kappa shape index (κ1) is 28.5. The molecule has 0 amide bonds. The van der Waals surface area contributed by atoms with Crippen molar-refractivity contribution in [2.24, 2.45) is 0 Å². The van der Waals surface area contributed by atoms with Crippen molar-refractivity contribution in [3.63, 3.8) is 0 Å². The molecule has 0 bridgehead atoms. The molecule has 0 fully saturated rings. The van der Waals surface area contributed by atoms with E-state index in [4.69, 9.17) is 37.4 Å². The third-order valence-corrected chi connectivity index (χ3v) is 7.40. The van der Waals surface area contributed by atoms with Gasteiger partial charge in [-0.1, -0.05) is 47.1 Å². The van der Waals surface area contributed by atoms with Gasteiger partial charge in [0.25, 0.3) is 0 Å². The predicted molar refractivity (Wildman–Crippen MR) is 152 cm³/mol. The van der Waals surface area contributed by atoms with E-state index in [0.717, 1.165) is 11.3 Å². The van der Waals surface area contributed by atoms with Crippen LogP contribution < -0.4 is 14.2 Å². The molecular weight excluding hydrogens is 563 g/mol. The summed E-state index contributed by atoms with van der Waals surface area (Å²) in [5.74, 6) is 2.11. The lowest BCUT2D eigenvalue weighted by atomic mass is 10.1. The molecule has 3 aromatic carbocycles. The molecule has 0 aliphatic carbocycles. The molecule has 1 aromatic heterocycles. The fourth-order valence-corrected chi connectivity index (χ4v) is 5.39. The normalized spacial score (nSPS) is 11.7. The molecule has 39 heavy (non-hydrogen) atoms. The molecule has 0 N–H and O–H groups in total. The van der Waals surface area contributed by atoms with Crippen LogP contribution in [0.2, 0.25) is 10.0 Å². The maximum absolute atomic E-state index is 11.7. The minimum absolute atomic E-state index is 0.244. The number of ether oxygens (including phenoxy) is 3. The van der Waals surface area contributed by atoms with Gasteiger partial charge in [0.1, 0.15) is 23.4 Å². The van der Waals surface area contributed by atoms with E-state index in [0.29, 0.717) is 45.4 Å². The van der Waals surface area contributed by atoms with Crippen LogP contribution in [0.25, 0.3) is 5.69 Å². The van der Waals surface area contributed by atoms with E-state index in [-0.39, 0.29) is 23.1 Å². The number of hydrogen-bond acceptors (Lipinski definition) is 8. The van der Waals surface area contributed by atoms with E-state index in [1.807, 2.05) is 54.8 Å². The third kappa shape index (κ3) is 7.14. The molecule has 4 aromatic rings. The molecular formula is C27H26Cl2N4O5S. The number of benzene rings is 3. The summed E-state index contributed by atoms with van der Waals surface area (Å²) in [5, 5.41) is 21.0. The van der Waals surface area contributed by atoms with Crippen molar-refractivity contribution in [2.45, 2.75) is 30.9 Å². The zero-order valence-corrected chi connectivity index (χ0v) is 23.8. The Morgan fingerprint density at radius 3 is 2.41 bits per heavy atom. The number of nitrogens with zero attached hydrogens (tertiary/aromatic N) is 4. The van der Waals surface area contributed by atoms with E-state index >= 15 is 0 Å². The summed E-state index contributed by atoms with van der Waals surface area (Å²) in [6.45, 7) is 3.89. The number of hydrogen-bond donors (Lipinski definition) is 0. The Labute approximate surface area is 240 Å². The van der Waals surface area contributed by atoms with Crippen molar-refractivity contribution in [2.75, 3.05) is 20.3 Å². The van der Waals surface area contributed by atoms with Crippen LogP contribution in [0.3, 0.4) is 0 Å². The number of aromatic nitrogens is 3. The van der Waals surface area contributed by atoms with Crippen molar-refractivity contribution in [3.05, 3.63) is 97.8 Å². The van der Waals surface area contributed by atoms with Crippen LogP contribution in [0.4, 0.5) is 0 Å². The van der Waals surface area contributed by atoms with Crippen LogP contribution >= 0.6 is 35.0 Å². The van der Waals surface area contributed by atoms with Crippen molar-refractivity contribution in [1.29, 1.82) is 0 Å². The molecule has 0 saturated carbocycles. The monoisotopic (exact) mass is 588 g/mol. The van der Waals surface area contributed by atoms with E-state index in [1.54, 1.807) is 31.4 Å². The predicted octanol–water partition coefficient (Wildman–Crippen LogP) is 6.98. The summed E-state index contributed by atoms with van der Waals surface area (Å²) in [7, 11) is 1.60. The lowest BCUT2D eigenvalue weighted by Gasteiger charge is -2.19. The minimum atomic E-state index is -0.636. The molecule has 1 heterocycles. The highest BCUT2D eigenvalue weighted by molar-refractivity contribution is 7.99. The molecule has 204 valence electrons. The van der Waals surface area contributed by atoms with Crippen LogP contribution in [-0.4, -0.2) is 39.9 Å². The van der Waals surface area contributed by atoms with Gasteiger partial charge in [-0.15, -0.1) is 10.2 Å². The summed E-state index contributed by atoms with van der Waals surface area (Å²) in [4.78, 5) is 11.3. The summed E-state index contributed by atoms with van der Waals surface area (Å²) in [6, 6.07) is 18.1. The minimum Gasteiger partial charge on any atom is -0.497 e. The standard InChI is InChI=1S/C27H26Cl2N4O5S/c1-4-37-24-14-19(13-23(29)26(24)38-16-18-5-7-20(28)8-6-18)25(15-32(34)35)39-27-31-30-17(2)33(27)21-9-11-22(36-3)12-10-21/h5-14,25H,4,15-16H2,1-3H3/t25-/m1/s1. The van der Waals surface area contributed by atoms with Gasteiger partial charge in [-0.2, -0.15) is 0 Å². The van der Waals surface area contributed by atoms with Crippen LogP contribution in [0.5, 0.6) is 17.2 Å². The molecule has 0 aliphatic heterocycles. The summed E-state index contributed by atoms with van der Waals surface area (Å²) in [5.41, 5.74) is 2.31. The lowest BCUT2D eigenvalue weighted by molar-refractivity contribution is -0.479. The first-order valence-corrected chi connectivity index (χ1v) is 13.6. The highest BCUT2D eigenvalue weighted by Gasteiger charge is 2.26. The van der Waals surface area contributed by atoms with Crippen molar-refractivity contribution >= 4 is 35.0 Å².